The molecule has 0 aromatic heterocycles. The van der Waals surface area contributed by atoms with Crippen LogP contribution in [-0.2, 0) is 4.79 Å². The average molecular weight is 212 g/mol. The molecule has 1 aliphatic heterocycles. The van der Waals surface area contributed by atoms with Crippen LogP contribution in [0.2, 0.25) is 0 Å². The molecule has 1 unspecified atom stereocenters. The van der Waals surface area contributed by atoms with Gasteiger partial charge in [0.1, 0.15) is 0 Å². The van der Waals surface area contributed by atoms with E-state index in [-0.39, 0.29) is 17.5 Å². The van der Waals surface area contributed by atoms with E-state index in [2.05, 4.69) is 31.0 Å². The van der Waals surface area contributed by atoms with Crippen LogP contribution in [0.5, 0.6) is 0 Å². The maximum Gasteiger partial charge on any atom is 0.240 e. The summed E-state index contributed by atoms with van der Waals surface area (Å²) < 4.78 is 0. The Morgan fingerprint density at radius 2 is 2.20 bits per heavy atom. The van der Waals surface area contributed by atoms with Gasteiger partial charge in [0.25, 0.3) is 0 Å². The summed E-state index contributed by atoms with van der Waals surface area (Å²) in [5, 5.41) is 3.11. The lowest BCUT2D eigenvalue weighted by Gasteiger charge is -2.43. The summed E-state index contributed by atoms with van der Waals surface area (Å²) >= 11 is 0. The minimum absolute atomic E-state index is 0.0152. The first-order valence-electron chi connectivity index (χ1n) is 6.01. The molecule has 0 aliphatic carbocycles. The second kappa shape index (κ2) is 4.97. The first-order chi connectivity index (χ1) is 7.03. The molecule has 0 spiro atoms. The van der Waals surface area contributed by atoms with E-state index in [1.807, 2.05) is 7.05 Å². The number of piperidine rings is 1. The van der Waals surface area contributed by atoms with Gasteiger partial charge in [-0.05, 0) is 40.2 Å². The van der Waals surface area contributed by atoms with E-state index in [1.54, 1.807) is 0 Å². The third-order valence-electron chi connectivity index (χ3n) is 3.38. The van der Waals surface area contributed by atoms with Gasteiger partial charge in [-0.3, -0.25) is 4.79 Å². The number of nitrogens with zero attached hydrogens (tertiary/aromatic N) is 1. The zero-order chi connectivity index (χ0) is 11.5. The Morgan fingerprint density at radius 1 is 1.53 bits per heavy atom. The second-order valence-electron chi connectivity index (χ2n) is 5.04. The number of hydrogen-bond acceptors (Lipinski definition) is 2. The van der Waals surface area contributed by atoms with E-state index in [1.165, 1.54) is 0 Å². The fourth-order valence-electron chi connectivity index (χ4n) is 2.49. The van der Waals surface area contributed by atoms with Crippen molar-refractivity contribution in [2.45, 2.75) is 58.0 Å². The highest BCUT2D eigenvalue weighted by Crippen LogP contribution is 2.25. The van der Waals surface area contributed by atoms with E-state index in [9.17, 15) is 4.79 Å². The van der Waals surface area contributed by atoms with Crippen molar-refractivity contribution in [3.63, 3.8) is 0 Å². The van der Waals surface area contributed by atoms with Crippen molar-refractivity contribution in [1.82, 2.24) is 10.2 Å². The number of carbonyl (C=O) groups is 1. The summed E-state index contributed by atoms with van der Waals surface area (Å²) in [5.41, 5.74) is 0.0152. The largest absolute Gasteiger partial charge is 0.336 e. The zero-order valence-corrected chi connectivity index (χ0v) is 10.5. The maximum atomic E-state index is 12.1. The Morgan fingerprint density at radius 3 is 2.73 bits per heavy atom. The Hall–Kier alpha value is -0.570. The molecule has 0 bridgehead atoms. The number of rotatable bonds is 4. The molecule has 1 saturated heterocycles. The minimum Gasteiger partial charge on any atom is -0.336 e. The number of carbonyl (C=O) groups excluding carboxylic acids is 1. The van der Waals surface area contributed by atoms with Crippen molar-refractivity contribution in [2.75, 3.05) is 13.6 Å². The zero-order valence-electron chi connectivity index (χ0n) is 10.5. The van der Waals surface area contributed by atoms with Gasteiger partial charge in [0.05, 0.1) is 6.04 Å². The lowest BCUT2D eigenvalue weighted by atomic mass is 9.92. The summed E-state index contributed by atoms with van der Waals surface area (Å²) in [5.74, 6) is 0.280. The molecule has 0 radical (unpaired) electrons. The van der Waals surface area contributed by atoms with Gasteiger partial charge in [-0.1, -0.05) is 13.3 Å². The van der Waals surface area contributed by atoms with Crippen LogP contribution < -0.4 is 5.32 Å². The van der Waals surface area contributed by atoms with Crippen LogP contribution in [-0.4, -0.2) is 36.0 Å². The molecule has 1 aliphatic rings. The van der Waals surface area contributed by atoms with E-state index in [4.69, 9.17) is 0 Å². The quantitative estimate of drug-likeness (QED) is 0.770. The van der Waals surface area contributed by atoms with Gasteiger partial charge >= 0.3 is 0 Å². The van der Waals surface area contributed by atoms with Crippen molar-refractivity contribution >= 4 is 5.91 Å². The summed E-state index contributed by atoms with van der Waals surface area (Å²) in [4.78, 5) is 14.2. The summed E-state index contributed by atoms with van der Waals surface area (Å²) in [6.45, 7) is 7.44. The number of nitrogens with one attached hydrogen (secondary N) is 1. The van der Waals surface area contributed by atoms with Crippen LogP contribution in [0.25, 0.3) is 0 Å². The van der Waals surface area contributed by atoms with Gasteiger partial charge in [0.2, 0.25) is 5.91 Å². The van der Waals surface area contributed by atoms with Gasteiger partial charge in [-0.15, -0.1) is 0 Å². The van der Waals surface area contributed by atoms with E-state index >= 15 is 0 Å². The molecule has 1 rings (SSSR count). The highest BCUT2D eigenvalue weighted by Gasteiger charge is 2.36. The molecule has 0 saturated carbocycles. The van der Waals surface area contributed by atoms with E-state index in [0.29, 0.717) is 0 Å². The van der Waals surface area contributed by atoms with Gasteiger partial charge < -0.3 is 10.2 Å². The topological polar surface area (TPSA) is 32.3 Å². The Kier molecular flexibility index (Phi) is 4.14. The standard InChI is InChI=1S/C12H24N2O/c1-5-8-12(2,3)14-9-6-7-10(13-4)11(14)15/h10,13H,5-9H2,1-4H3. The van der Waals surface area contributed by atoms with Gasteiger partial charge in [-0.2, -0.15) is 0 Å². The van der Waals surface area contributed by atoms with Crippen LogP contribution in [0.3, 0.4) is 0 Å². The summed E-state index contributed by atoms with van der Waals surface area (Å²) in [6, 6.07) is 0.0369. The first kappa shape index (κ1) is 12.5. The Labute approximate surface area is 93.2 Å². The Bertz CT molecular complexity index is 226. The smallest absolute Gasteiger partial charge is 0.240 e. The van der Waals surface area contributed by atoms with Crippen molar-refractivity contribution < 1.29 is 4.79 Å². The van der Waals surface area contributed by atoms with Crippen molar-refractivity contribution in [3.05, 3.63) is 0 Å². The van der Waals surface area contributed by atoms with Gasteiger partial charge in [0.15, 0.2) is 0 Å². The maximum absolute atomic E-state index is 12.1. The molecule has 3 heteroatoms. The number of hydrogen-bond donors (Lipinski definition) is 1. The van der Waals surface area contributed by atoms with Crippen molar-refractivity contribution in [3.8, 4) is 0 Å². The van der Waals surface area contributed by atoms with Gasteiger partial charge in [0, 0.05) is 12.1 Å². The molecule has 3 nitrogen and oxygen atoms in total. The van der Waals surface area contributed by atoms with Crippen molar-refractivity contribution in [1.29, 1.82) is 0 Å². The van der Waals surface area contributed by atoms with Crippen LogP contribution in [0.15, 0.2) is 0 Å². The summed E-state index contributed by atoms with van der Waals surface area (Å²) in [6.07, 6.45) is 4.30. The fraction of sp³-hybridized carbons (Fsp3) is 0.917. The summed E-state index contributed by atoms with van der Waals surface area (Å²) in [7, 11) is 1.87. The molecule has 1 fully saturated rings. The second-order valence-corrected chi connectivity index (χ2v) is 5.04. The third-order valence-corrected chi connectivity index (χ3v) is 3.38. The monoisotopic (exact) mass is 212 g/mol. The first-order valence-corrected chi connectivity index (χ1v) is 6.01. The lowest BCUT2D eigenvalue weighted by Crippen LogP contribution is -2.57. The molecule has 1 N–H and O–H groups in total. The highest BCUT2D eigenvalue weighted by molar-refractivity contribution is 5.83. The molecular formula is C12H24N2O. The van der Waals surface area contributed by atoms with E-state index < -0.39 is 0 Å². The van der Waals surface area contributed by atoms with Crippen molar-refractivity contribution in [2.24, 2.45) is 0 Å². The number of likely N-dealkylation sites (tertiary alicyclic amines) is 1. The minimum atomic E-state index is 0.0152. The molecule has 15 heavy (non-hydrogen) atoms. The SMILES string of the molecule is CCCC(C)(C)N1CCCC(NC)C1=O. The van der Waals surface area contributed by atoms with Gasteiger partial charge in [-0.25, -0.2) is 0 Å². The predicted molar refractivity (Wildman–Crippen MR) is 62.8 cm³/mol. The Balaban J connectivity index is 2.72. The number of likely N-dealkylation sites (N-methyl/N-ethyl adjacent to an activating group) is 1. The highest BCUT2D eigenvalue weighted by atomic mass is 16.2. The molecule has 0 aromatic rings. The molecule has 0 aromatic carbocycles. The van der Waals surface area contributed by atoms with Crippen LogP contribution >= 0.6 is 0 Å². The van der Waals surface area contributed by atoms with Crippen LogP contribution in [0.1, 0.15) is 46.5 Å². The lowest BCUT2D eigenvalue weighted by molar-refractivity contribution is -0.142. The third kappa shape index (κ3) is 2.71. The molecule has 1 atom stereocenters. The normalized spacial score (nSPS) is 23.3. The number of amides is 1. The average Bonchev–Trinajstić information content (AvgIpc) is 2.17. The molecular weight excluding hydrogens is 188 g/mol. The molecule has 1 amide bonds. The van der Waals surface area contributed by atoms with E-state index in [0.717, 1.165) is 32.2 Å². The van der Waals surface area contributed by atoms with Crippen LogP contribution in [0.4, 0.5) is 0 Å². The molecule has 88 valence electrons. The molecule has 1 heterocycles. The fourth-order valence-corrected chi connectivity index (χ4v) is 2.49. The predicted octanol–water partition coefficient (Wildman–Crippen LogP) is 1.78. The van der Waals surface area contributed by atoms with Crippen LogP contribution in [0, 0.1) is 0 Å².